The van der Waals surface area contributed by atoms with E-state index in [-0.39, 0.29) is 24.4 Å². The number of carbonyl (C=O) groups is 3. The quantitative estimate of drug-likeness (QED) is 0.365. The lowest BCUT2D eigenvalue weighted by atomic mass is 10.1. The van der Waals surface area contributed by atoms with Gasteiger partial charge in [0.2, 0.25) is 5.91 Å². The molecule has 1 amide bonds. The summed E-state index contributed by atoms with van der Waals surface area (Å²) in [6.07, 6.45) is 0.00443. The summed E-state index contributed by atoms with van der Waals surface area (Å²) in [5.41, 5.74) is 3.22. The van der Waals surface area contributed by atoms with E-state index in [2.05, 4.69) is 0 Å². The first-order valence-corrected chi connectivity index (χ1v) is 10.9. The summed E-state index contributed by atoms with van der Waals surface area (Å²) in [6.45, 7) is 3.76. The highest BCUT2D eigenvalue weighted by Gasteiger charge is 2.36. The Morgan fingerprint density at radius 1 is 0.941 bits per heavy atom. The Morgan fingerprint density at radius 3 is 2.29 bits per heavy atom. The van der Waals surface area contributed by atoms with Crippen molar-refractivity contribution in [1.82, 2.24) is 0 Å². The highest BCUT2D eigenvalue weighted by Crippen LogP contribution is 2.29. The summed E-state index contributed by atoms with van der Waals surface area (Å²) in [7, 11) is 0. The van der Waals surface area contributed by atoms with Gasteiger partial charge in [-0.3, -0.25) is 14.4 Å². The molecule has 174 valence electrons. The molecule has 3 aromatic carbocycles. The number of carbonyl (C=O) groups excluding carboxylic acids is 3. The molecule has 4 rings (SSSR count). The first-order valence-electron chi connectivity index (χ1n) is 10.9. The molecule has 1 unspecified atom stereocenters. The fraction of sp³-hybridized carbons (Fsp3) is 0.222. The van der Waals surface area contributed by atoms with Gasteiger partial charge in [0.1, 0.15) is 17.3 Å². The maximum atomic E-state index is 13.0. The number of hydrogen-bond donors (Lipinski definition) is 0. The zero-order valence-corrected chi connectivity index (χ0v) is 18.9. The third-order valence-corrected chi connectivity index (χ3v) is 5.83. The van der Waals surface area contributed by atoms with E-state index in [0.29, 0.717) is 11.4 Å². The predicted octanol–water partition coefficient (Wildman–Crippen LogP) is 5.01. The second-order valence-corrected chi connectivity index (χ2v) is 8.29. The van der Waals surface area contributed by atoms with Gasteiger partial charge in [0, 0.05) is 24.2 Å². The van der Waals surface area contributed by atoms with Crippen LogP contribution in [0.15, 0.2) is 66.7 Å². The minimum atomic E-state index is -0.667. The number of aryl methyl sites for hydroxylation is 2. The van der Waals surface area contributed by atoms with Crippen molar-refractivity contribution in [2.45, 2.75) is 20.3 Å². The Balaban J connectivity index is 1.33. The average molecular weight is 461 g/mol. The lowest BCUT2D eigenvalue weighted by Gasteiger charge is -2.17. The van der Waals surface area contributed by atoms with Crippen molar-refractivity contribution < 1.29 is 28.2 Å². The normalized spacial score (nSPS) is 15.3. The zero-order valence-electron chi connectivity index (χ0n) is 18.9. The number of halogens is 1. The second-order valence-electron chi connectivity index (χ2n) is 8.29. The number of esters is 1. The average Bonchev–Trinajstić information content (AvgIpc) is 3.22. The molecule has 1 aliphatic rings. The Morgan fingerprint density at radius 2 is 1.62 bits per heavy atom. The summed E-state index contributed by atoms with van der Waals surface area (Å²) in [5.74, 6) is -1.01. The molecule has 0 radical (unpaired) electrons. The number of nitrogens with zero attached hydrogens (tertiary/aromatic N) is 1. The maximum Gasteiger partial charge on any atom is 0.311 e. The van der Waals surface area contributed by atoms with Crippen molar-refractivity contribution >= 4 is 23.3 Å². The third kappa shape index (κ3) is 5.31. The first-order chi connectivity index (χ1) is 16.3. The van der Waals surface area contributed by atoms with Gasteiger partial charge in [0.15, 0.2) is 12.4 Å². The molecule has 6 nitrogen and oxygen atoms in total. The van der Waals surface area contributed by atoms with E-state index in [0.717, 1.165) is 11.3 Å². The van der Waals surface area contributed by atoms with Gasteiger partial charge in [0.25, 0.3) is 0 Å². The molecule has 1 aliphatic heterocycles. The van der Waals surface area contributed by atoms with E-state index in [4.69, 9.17) is 9.47 Å². The summed E-state index contributed by atoms with van der Waals surface area (Å²) in [4.78, 5) is 38.6. The van der Waals surface area contributed by atoms with Crippen molar-refractivity contribution in [3.8, 4) is 11.5 Å². The van der Waals surface area contributed by atoms with Crippen LogP contribution in [-0.4, -0.2) is 30.8 Å². The molecule has 1 atom stereocenters. The van der Waals surface area contributed by atoms with Gasteiger partial charge in [-0.1, -0.05) is 6.07 Å². The lowest BCUT2D eigenvalue weighted by molar-refractivity contribution is -0.147. The zero-order chi connectivity index (χ0) is 24.2. The lowest BCUT2D eigenvalue weighted by Crippen LogP contribution is -2.27. The van der Waals surface area contributed by atoms with Crippen molar-refractivity contribution in [1.29, 1.82) is 0 Å². The van der Waals surface area contributed by atoms with Gasteiger partial charge in [-0.05, 0) is 85.6 Å². The smallest absolute Gasteiger partial charge is 0.311 e. The predicted molar refractivity (Wildman–Crippen MR) is 125 cm³/mol. The summed E-state index contributed by atoms with van der Waals surface area (Å²) < 4.78 is 24.0. The number of Topliss-reactive ketones (excluding diaryl/α,β-unsaturated/α-hetero) is 1. The van der Waals surface area contributed by atoms with Gasteiger partial charge in [-0.25, -0.2) is 4.39 Å². The van der Waals surface area contributed by atoms with E-state index in [1.165, 1.54) is 34.7 Å². The monoisotopic (exact) mass is 461 g/mol. The molecule has 1 heterocycles. The van der Waals surface area contributed by atoms with Crippen molar-refractivity contribution in [3.05, 3.63) is 89.2 Å². The summed E-state index contributed by atoms with van der Waals surface area (Å²) >= 11 is 0. The largest absolute Gasteiger partial charge is 0.457 e. The van der Waals surface area contributed by atoms with Crippen molar-refractivity contribution in [3.63, 3.8) is 0 Å². The van der Waals surface area contributed by atoms with Crippen LogP contribution in [0.4, 0.5) is 10.1 Å². The van der Waals surface area contributed by atoms with Crippen LogP contribution < -0.4 is 9.64 Å². The number of benzene rings is 3. The van der Waals surface area contributed by atoms with Crippen molar-refractivity contribution in [2.24, 2.45) is 5.92 Å². The SMILES string of the molecule is Cc1ccc(Oc2ccc(N3CC(C(=O)OCC(=O)c4ccc(F)cc4)CC3=O)cc2)cc1C. The number of anilines is 1. The molecule has 0 aromatic heterocycles. The van der Waals surface area contributed by atoms with E-state index in [1.54, 1.807) is 24.3 Å². The molecule has 1 saturated heterocycles. The molecule has 0 aliphatic carbocycles. The fourth-order valence-electron chi connectivity index (χ4n) is 3.70. The van der Waals surface area contributed by atoms with Crippen LogP contribution in [-0.2, 0) is 14.3 Å². The Kier molecular flexibility index (Phi) is 6.72. The molecular formula is C27H24FNO5. The molecule has 1 fully saturated rings. The summed E-state index contributed by atoms with van der Waals surface area (Å²) in [5, 5.41) is 0. The molecule has 0 N–H and O–H groups in total. The molecule has 3 aromatic rings. The molecule has 0 bridgehead atoms. The number of hydrogen-bond acceptors (Lipinski definition) is 5. The van der Waals surface area contributed by atoms with E-state index in [1.807, 2.05) is 32.0 Å². The van der Waals surface area contributed by atoms with Crippen LogP contribution in [0.1, 0.15) is 27.9 Å². The van der Waals surface area contributed by atoms with Gasteiger partial charge in [-0.2, -0.15) is 0 Å². The highest BCUT2D eigenvalue weighted by molar-refractivity contribution is 6.01. The minimum Gasteiger partial charge on any atom is -0.457 e. The number of amides is 1. The highest BCUT2D eigenvalue weighted by atomic mass is 19.1. The first kappa shape index (κ1) is 23.2. The van der Waals surface area contributed by atoms with Crippen LogP contribution in [0.5, 0.6) is 11.5 Å². The van der Waals surface area contributed by atoms with Gasteiger partial charge >= 0.3 is 5.97 Å². The fourth-order valence-corrected chi connectivity index (χ4v) is 3.70. The van der Waals surface area contributed by atoms with Crippen LogP contribution in [0, 0.1) is 25.6 Å². The minimum absolute atomic E-state index is 0.00443. The molecular weight excluding hydrogens is 437 g/mol. The Hall–Kier alpha value is -4.00. The number of rotatable bonds is 7. The number of ketones is 1. The third-order valence-electron chi connectivity index (χ3n) is 5.83. The van der Waals surface area contributed by atoms with Crippen LogP contribution in [0.3, 0.4) is 0 Å². The maximum absolute atomic E-state index is 13.0. The van der Waals surface area contributed by atoms with Gasteiger partial charge in [-0.15, -0.1) is 0 Å². The van der Waals surface area contributed by atoms with Crippen LogP contribution in [0.25, 0.3) is 0 Å². The van der Waals surface area contributed by atoms with Gasteiger partial charge in [0.05, 0.1) is 5.92 Å². The van der Waals surface area contributed by atoms with Crippen molar-refractivity contribution in [2.75, 3.05) is 18.1 Å². The summed E-state index contributed by atoms with van der Waals surface area (Å²) in [6, 6.07) is 17.9. The van der Waals surface area contributed by atoms with E-state index < -0.39 is 30.1 Å². The van der Waals surface area contributed by atoms with E-state index in [9.17, 15) is 18.8 Å². The second kappa shape index (κ2) is 9.87. The Labute approximate surface area is 196 Å². The van der Waals surface area contributed by atoms with Crippen LogP contribution in [0.2, 0.25) is 0 Å². The molecule has 34 heavy (non-hydrogen) atoms. The molecule has 0 saturated carbocycles. The number of ether oxygens (including phenoxy) is 2. The van der Waals surface area contributed by atoms with Gasteiger partial charge < -0.3 is 14.4 Å². The standard InChI is InChI=1S/C27H24FNO5/c1-17-3-10-24(13-18(17)2)34-23-11-8-22(9-12-23)29-15-20(14-26(29)31)27(32)33-16-25(30)19-4-6-21(28)7-5-19/h3-13,20H,14-16H2,1-2H3. The topological polar surface area (TPSA) is 72.9 Å². The Bertz CT molecular complexity index is 1220. The van der Waals surface area contributed by atoms with E-state index >= 15 is 0 Å². The molecule has 7 heteroatoms. The van der Waals surface area contributed by atoms with Crippen LogP contribution >= 0.6 is 0 Å². The molecule has 0 spiro atoms.